The second kappa shape index (κ2) is 3.85. The smallest absolute Gasteiger partial charge is 0.127 e. The Morgan fingerprint density at radius 1 is 1.58 bits per heavy atom. The minimum absolute atomic E-state index is 0.157. The largest absolute Gasteiger partial charge is 0.207 e. The van der Waals surface area contributed by atoms with Crippen LogP contribution in [0.4, 0.5) is 4.39 Å². The maximum absolute atomic E-state index is 13.1. The maximum Gasteiger partial charge on any atom is 0.127 e. The molecular weight excluding hydrogens is 219 g/mol. The van der Waals surface area contributed by atoms with Crippen LogP contribution in [0.25, 0.3) is 0 Å². The highest BCUT2D eigenvalue weighted by atomic mass is 79.9. The van der Waals surface area contributed by atoms with Gasteiger partial charge in [0.25, 0.3) is 0 Å². The van der Waals surface area contributed by atoms with Crippen molar-refractivity contribution in [2.45, 2.75) is 13.3 Å². The van der Waals surface area contributed by atoms with Crippen LogP contribution in [-0.2, 0) is 6.42 Å². The summed E-state index contributed by atoms with van der Waals surface area (Å²) in [4.78, 5) is 0. The monoisotopic (exact) mass is 228 g/mol. The van der Waals surface area contributed by atoms with E-state index in [0.29, 0.717) is 12.0 Å². The van der Waals surface area contributed by atoms with Crippen LogP contribution in [0.3, 0.4) is 0 Å². The fraction of sp³-hybridized carbons (Fsp3) is 0.200. The predicted molar refractivity (Wildman–Crippen MR) is 52.9 cm³/mol. The van der Waals surface area contributed by atoms with E-state index in [-0.39, 0.29) is 5.82 Å². The molecule has 0 fully saturated rings. The summed E-state index contributed by atoms with van der Waals surface area (Å²) >= 11 is 3.20. The van der Waals surface area contributed by atoms with Gasteiger partial charge in [-0.25, -0.2) is 4.39 Å². The fourth-order valence-electron chi connectivity index (χ4n) is 1.00. The summed E-state index contributed by atoms with van der Waals surface area (Å²) in [7, 11) is 0. The van der Waals surface area contributed by atoms with Crippen molar-refractivity contribution < 1.29 is 4.39 Å². The van der Waals surface area contributed by atoms with Crippen LogP contribution >= 0.6 is 15.9 Å². The van der Waals surface area contributed by atoms with E-state index in [1.54, 1.807) is 6.07 Å². The van der Waals surface area contributed by atoms with E-state index in [0.717, 1.165) is 10.0 Å². The SMILES string of the molecule is C=C(Br)Cc1ccc(C)cc1F. The Balaban J connectivity index is 2.93. The highest BCUT2D eigenvalue weighted by Gasteiger charge is 2.01. The van der Waals surface area contributed by atoms with E-state index in [9.17, 15) is 4.39 Å². The molecule has 0 atom stereocenters. The molecule has 0 aromatic heterocycles. The van der Waals surface area contributed by atoms with Gasteiger partial charge in [0.1, 0.15) is 5.82 Å². The van der Waals surface area contributed by atoms with E-state index in [2.05, 4.69) is 22.5 Å². The van der Waals surface area contributed by atoms with E-state index in [4.69, 9.17) is 0 Å². The van der Waals surface area contributed by atoms with E-state index >= 15 is 0 Å². The first-order chi connectivity index (χ1) is 5.59. The lowest BCUT2D eigenvalue weighted by molar-refractivity contribution is 0.613. The molecule has 0 heterocycles. The summed E-state index contributed by atoms with van der Waals surface area (Å²) in [6.07, 6.45) is 0.548. The lowest BCUT2D eigenvalue weighted by atomic mass is 10.1. The normalized spacial score (nSPS) is 9.92. The number of halogens is 2. The van der Waals surface area contributed by atoms with E-state index in [1.807, 2.05) is 13.0 Å². The molecule has 0 nitrogen and oxygen atoms in total. The maximum atomic E-state index is 13.1. The molecule has 2 heteroatoms. The molecule has 1 aromatic rings. The zero-order valence-corrected chi connectivity index (χ0v) is 8.49. The summed E-state index contributed by atoms with van der Waals surface area (Å²) in [6.45, 7) is 5.53. The summed E-state index contributed by atoms with van der Waals surface area (Å²) < 4.78 is 13.9. The Hall–Kier alpha value is -0.630. The van der Waals surface area contributed by atoms with Gasteiger partial charge < -0.3 is 0 Å². The second-order valence-electron chi connectivity index (χ2n) is 2.79. The standard InChI is InChI=1S/C10H10BrF/c1-7-3-4-9(6-8(2)11)10(12)5-7/h3-5H,2,6H2,1H3. The third kappa shape index (κ3) is 2.45. The number of benzene rings is 1. The first kappa shape index (κ1) is 9.46. The molecule has 0 radical (unpaired) electrons. The molecule has 1 rings (SSSR count). The molecule has 0 N–H and O–H groups in total. The molecule has 64 valence electrons. The molecule has 12 heavy (non-hydrogen) atoms. The molecule has 0 amide bonds. The quantitative estimate of drug-likeness (QED) is 0.726. The third-order valence-electron chi connectivity index (χ3n) is 1.59. The summed E-state index contributed by atoms with van der Waals surface area (Å²) in [5.41, 5.74) is 1.62. The van der Waals surface area contributed by atoms with E-state index < -0.39 is 0 Å². The van der Waals surface area contributed by atoms with Crippen LogP contribution in [0.15, 0.2) is 29.3 Å². The molecule has 0 unspecified atom stereocenters. The van der Waals surface area contributed by atoms with Gasteiger partial charge in [-0.2, -0.15) is 0 Å². The van der Waals surface area contributed by atoms with Crippen molar-refractivity contribution in [1.29, 1.82) is 0 Å². The Kier molecular flexibility index (Phi) is 3.04. The van der Waals surface area contributed by atoms with Crippen molar-refractivity contribution in [2.75, 3.05) is 0 Å². The molecule has 0 aliphatic carbocycles. The zero-order valence-electron chi connectivity index (χ0n) is 6.90. The molecule has 0 saturated heterocycles. The van der Waals surface area contributed by atoms with Gasteiger partial charge in [-0.15, -0.1) is 0 Å². The summed E-state index contributed by atoms with van der Waals surface area (Å²) in [6, 6.07) is 5.22. The van der Waals surface area contributed by atoms with Crippen molar-refractivity contribution in [3.05, 3.63) is 46.2 Å². The van der Waals surface area contributed by atoms with Crippen LogP contribution < -0.4 is 0 Å². The topological polar surface area (TPSA) is 0 Å². The van der Waals surface area contributed by atoms with Gasteiger partial charge in [0, 0.05) is 6.42 Å². The highest BCUT2D eigenvalue weighted by Crippen LogP contribution is 2.16. The van der Waals surface area contributed by atoms with E-state index in [1.165, 1.54) is 6.07 Å². The average molecular weight is 229 g/mol. The van der Waals surface area contributed by atoms with Crippen LogP contribution in [0.1, 0.15) is 11.1 Å². The Morgan fingerprint density at radius 3 is 2.75 bits per heavy atom. The Labute approximate surface area is 80.2 Å². The minimum Gasteiger partial charge on any atom is -0.207 e. The minimum atomic E-state index is -0.157. The van der Waals surface area contributed by atoms with Gasteiger partial charge in [0.05, 0.1) is 0 Å². The van der Waals surface area contributed by atoms with Crippen molar-refractivity contribution in [1.82, 2.24) is 0 Å². The number of hydrogen-bond donors (Lipinski definition) is 0. The molecule has 0 aliphatic heterocycles. The average Bonchev–Trinajstić information content (AvgIpc) is 1.94. The van der Waals surface area contributed by atoms with Gasteiger partial charge in [-0.1, -0.05) is 34.6 Å². The van der Waals surface area contributed by atoms with Gasteiger partial charge in [-0.3, -0.25) is 0 Å². The van der Waals surface area contributed by atoms with Gasteiger partial charge >= 0.3 is 0 Å². The molecule has 0 aliphatic rings. The van der Waals surface area contributed by atoms with Crippen molar-refractivity contribution in [3.63, 3.8) is 0 Å². The van der Waals surface area contributed by atoms with Crippen LogP contribution in [0.5, 0.6) is 0 Å². The lowest BCUT2D eigenvalue weighted by Gasteiger charge is -2.01. The molecule has 1 aromatic carbocycles. The van der Waals surface area contributed by atoms with Crippen molar-refractivity contribution >= 4 is 15.9 Å². The van der Waals surface area contributed by atoms with Crippen LogP contribution in [-0.4, -0.2) is 0 Å². The number of allylic oxidation sites excluding steroid dienone is 1. The Bertz CT molecular complexity index is 305. The van der Waals surface area contributed by atoms with Gasteiger partial charge in [0.15, 0.2) is 0 Å². The molecular formula is C10H10BrF. The van der Waals surface area contributed by atoms with Crippen LogP contribution in [0.2, 0.25) is 0 Å². The fourth-order valence-corrected chi connectivity index (χ4v) is 1.30. The van der Waals surface area contributed by atoms with Gasteiger partial charge in [0.2, 0.25) is 0 Å². The number of hydrogen-bond acceptors (Lipinski definition) is 0. The van der Waals surface area contributed by atoms with Crippen LogP contribution in [0, 0.1) is 12.7 Å². The molecule has 0 saturated carbocycles. The summed E-state index contributed by atoms with van der Waals surface area (Å²) in [5.74, 6) is -0.157. The molecule has 0 bridgehead atoms. The second-order valence-corrected chi connectivity index (χ2v) is 3.91. The molecule has 0 spiro atoms. The third-order valence-corrected chi connectivity index (χ3v) is 1.87. The first-order valence-corrected chi connectivity index (χ1v) is 4.47. The highest BCUT2D eigenvalue weighted by molar-refractivity contribution is 9.11. The lowest BCUT2D eigenvalue weighted by Crippen LogP contribution is -1.90. The summed E-state index contributed by atoms with van der Waals surface area (Å²) in [5, 5.41) is 0. The number of aryl methyl sites for hydroxylation is 1. The first-order valence-electron chi connectivity index (χ1n) is 3.68. The Morgan fingerprint density at radius 2 is 2.25 bits per heavy atom. The predicted octanol–water partition coefficient (Wildman–Crippen LogP) is 3.59. The zero-order chi connectivity index (χ0) is 9.14. The van der Waals surface area contributed by atoms with Crippen molar-refractivity contribution in [3.8, 4) is 0 Å². The van der Waals surface area contributed by atoms with Crippen molar-refractivity contribution in [2.24, 2.45) is 0 Å². The van der Waals surface area contributed by atoms with Gasteiger partial charge in [-0.05, 0) is 28.6 Å². The number of rotatable bonds is 2.